The Kier molecular flexibility index (Phi) is 5.40. The van der Waals surface area contributed by atoms with E-state index >= 15 is 0 Å². The summed E-state index contributed by atoms with van der Waals surface area (Å²) >= 11 is 0. The molecule has 142 valence electrons. The lowest BCUT2D eigenvalue weighted by Crippen LogP contribution is -2.37. The van der Waals surface area contributed by atoms with Crippen LogP contribution in [0.3, 0.4) is 0 Å². The Morgan fingerprint density at radius 1 is 1.15 bits per heavy atom. The van der Waals surface area contributed by atoms with Gasteiger partial charge in [0.2, 0.25) is 11.8 Å². The van der Waals surface area contributed by atoms with Crippen molar-refractivity contribution >= 4 is 11.8 Å². The minimum Gasteiger partial charge on any atom is -0.341 e. The molecule has 0 N–H and O–H groups in total. The third-order valence-electron chi connectivity index (χ3n) is 5.89. The molecule has 1 aliphatic heterocycles. The fraction of sp³-hybridized carbons (Fsp3) is 0.636. The SMILES string of the molecule is CN(Cc1ccc(C(C)(C)C)cc1)C(=O)C1CC(=O)N(C2CCCC2)C1. The van der Waals surface area contributed by atoms with E-state index in [0.717, 1.165) is 18.4 Å². The van der Waals surface area contributed by atoms with Gasteiger partial charge in [-0.25, -0.2) is 0 Å². The van der Waals surface area contributed by atoms with Crippen LogP contribution in [-0.4, -0.2) is 41.2 Å². The van der Waals surface area contributed by atoms with Gasteiger partial charge in [-0.1, -0.05) is 57.9 Å². The van der Waals surface area contributed by atoms with Gasteiger partial charge in [0, 0.05) is 32.6 Å². The molecule has 0 aromatic heterocycles. The molecule has 1 aromatic rings. The van der Waals surface area contributed by atoms with Crippen LogP contribution in [0.5, 0.6) is 0 Å². The topological polar surface area (TPSA) is 40.6 Å². The van der Waals surface area contributed by atoms with Gasteiger partial charge in [0.1, 0.15) is 0 Å². The minimum atomic E-state index is -0.179. The Labute approximate surface area is 157 Å². The molecule has 1 aromatic carbocycles. The van der Waals surface area contributed by atoms with E-state index < -0.39 is 0 Å². The van der Waals surface area contributed by atoms with Gasteiger partial charge in [0.25, 0.3) is 0 Å². The van der Waals surface area contributed by atoms with Crippen molar-refractivity contribution in [1.82, 2.24) is 9.80 Å². The Hall–Kier alpha value is -1.84. The van der Waals surface area contributed by atoms with Crippen LogP contribution >= 0.6 is 0 Å². The van der Waals surface area contributed by atoms with E-state index in [0.29, 0.717) is 25.6 Å². The highest BCUT2D eigenvalue weighted by molar-refractivity contribution is 5.89. The molecule has 1 saturated carbocycles. The van der Waals surface area contributed by atoms with Gasteiger partial charge in [0.05, 0.1) is 5.92 Å². The smallest absolute Gasteiger partial charge is 0.228 e. The quantitative estimate of drug-likeness (QED) is 0.825. The molecule has 1 heterocycles. The van der Waals surface area contributed by atoms with Gasteiger partial charge in [-0.2, -0.15) is 0 Å². The maximum atomic E-state index is 12.8. The van der Waals surface area contributed by atoms with Crippen LogP contribution in [-0.2, 0) is 21.5 Å². The summed E-state index contributed by atoms with van der Waals surface area (Å²) in [5.74, 6) is 0.0823. The van der Waals surface area contributed by atoms with E-state index in [-0.39, 0.29) is 23.1 Å². The first-order valence-corrected chi connectivity index (χ1v) is 9.89. The van der Waals surface area contributed by atoms with Crippen molar-refractivity contribution < 1.29 is 9.59 Å². The highest BCUT2D eigenvalue weighted by Gasteiger charge is 2.39. The van der Waals surface area contributed by atoms with E-state index in [1.54, 1.807) is 4.90 Å². The molecule has 26 heavy (non-hydrogen) atoms. The van der Waals surface area contributed by atoms with Crippen LogP contribution in [0, 0.1) is 5.92 Å². The molecule has 4 heteroatoms. The van der Waals surface area contributed by atoms with E-state index in [1.807, 2.05) is 11.9 Å². The lowest BCUT2D eigenvalue weighted by molar-refractivity contribution is -0.135. The van der Waals surface area contributed by atoms with Crippen LogP contribution in [0.4, 0.5) is 0 Å². The average molecular weight is 357 g/mol. The first-order chi connectivity index (χ1) is 12.3. The summed E-state index contributed by atoms with van der Waals surface area (Å²) in [5.41, 5.74) is 2.56. The van der Waals surface area contributed by atoms with Crippen molar-refractivity contribution in [3.05, 3.63) is 35.4 Å². The summed E-state index contributed by atoms with van der Waals surface area (Å²) in [4.78, 5) is 28.9. The molecule has 2 aliphatic rings. The van der Waals surface area contributed by atoms with Gasteiger partial charge >= 0.3 is 0 Å². The molecular formula is C22H32N2O2. The Bertz CT molecular complexity index is 654. The number of hydrogen-bond acceptors (Lipinski definition) is 2. The van der Waals surface area contributed by atoms with E-state index in [9.17, 15) is 9.59 Å². The number of rotatable bonds is 4. The Morgan fingerprint density at radius 2 is 1.77 bits per heavy atom. The summed E-state index contributed by atoms with van der Waals surface area (Å²) in [6.45, 7) is 7.80. The number of benzene rings is 1. The van der Waals surface area contributed by atoms with Gasteiger partial charge in [-0.15, -0.1) is 0 Å². The fourth-order valence-electron chi connectivity index (χ4n) is 4.24. The van der Waals surface area contributed by atoms with Crippen LogP contribution < -0.4 is 0 Å². The maximum Gasteiger partial charge on any atom is 0.228 e. The fourth-order valence-corrected chi connectivity index (χ4v) is 4.24. The van der Waals surface area contributed by atoms with Crippen molar-refractivity contribution in [2.75, 3.05) is 13.6 Å². The molecule has 1 unspecified atom stereocenters. The first-order valence-electron chi connectivity index (χ1n) is 9.89. The molecule has 1 saturated heterocycles. The lowest BCUT2D eigenvalue weighted by Gasteiger charge is -2.25. The molecular weight excluding hydrogens is 324 g/mol. The zero-order valence-electron chi connectivity index (χ0n) is 16.6. The monoisotopic (exact) mass is 356 g/mol. The second-order valence-electron chi connectivity index (χ2n) is 9.03. The van der Waals surface area contributed by atoms with Crippen LogP contribution in [0.2, 0.25) is 0 Å². The molecule has 4 nitrogen and oxygen atoms in total. The van der Waals surface area contributed by atoms with E-state index in [4.69, 9.17) is 0 Å². The lowest BCUT2D eigenvalue weighted by atomic mass is 9.87. The highest BCUT2D eigenvalue weighted by Crippen LogP contribution is 2.30. The maximum absolute atomic E-state index is 12.8. The van der Waals surface area contributed by atoms with Gasteiger partial charge in [-0.3, -0.25) is 9.59 Å². The molecule has 0 radical (unpaired) electrons. The normalized spacial score (nSPS) is 21.5. The van der Waals surface area contributed by atoms with Gasteiger partial charge in [0.15, 0.2) is 0 Å². The Morgan fingerprint density at radius 3 is 2.35 bits per heavy atom. The van der Waals surface area contributed by atoms with E-state index in [1.165, 1.54) is 18.4 Å². The number of carbonyl (C=O) groups is 2. The number of amides is 2. The average Bonchev–Trinajstić information content (AvgIpc) is 3.23. The standard InChI is InChI=1S/C22H32N2O2/c1-22(2,3)18-11-9-16(10-12-18)14-23(4)21(26)17-13-20(25)24(15-17)19-7-5-6-8-19/h9-12,17,19H,5-8,13-15H2,1-4H3. The first kappa shape index (κ1) is 18.9. The minimum absolute atomic E-state index is 0.0961. The molecule has 2 fully saturated rings. The molecule has 1 aliphatic carbocycles. The van der Waals surface area contributed by atoms with Crippen molar-refractivity contribution in [3.8, 4) is 0 Å². The molecule has 0 spiro atoms. The molecule has 3 rings (SSSR count). The van der Waals surface area contributed by atoms with Crippen molar-refractivity contribution in [1.29, 1.82) is 0 Å². The van der Waals surface area contributed by atoms with E-state index in [2.05, 4.69) is 45.0 Å². The summed E-state index contributed by atoms with van der Waals surface area (Å²) in [7, 11) is 1.85. The molecule has 2 amide bonds. The summed E-state index contributed by atoms with van der Waals surface area (Å²) < 4.78 is 0. The van der Waals surface area contributed by atoms with Crippen LogP contribution in [0.25, 0.3) is 0 Å². The van der Waals surface area contributed by atoms with Gasteiger partial charge in [-0.05, 0) is 29.4 Å². The highest BCUT2D eigenvalue weighted by atomic mass is 16.2. The summed E-state index contributed by atoms with van der Waals surface area (Å²) in [6.07, 6.45) is 4.99. The summed E-state index contributed by atoms with van der Waals surface area (Å²) in [5, 5.41) is 0. The molecule has 0 bridgehead atoms. The predicted octanol–water partition coefficient (Wildman–Crippen LogP) is 3.73. The van der Waals surface area contributed by atoms with Crippen molar-refractivity contribution in [2.24, 2.45) is 5.92 Å². The second-order valence-corrected chi connectivity index (χ2v) is 9.03. The zero-order chi connectivity index (χ0) is 18.9. The number of carbonyl (C=O) groups excluding carboxylic acids is 2. The van der Waals surface area contributed by atoms with Crippen LogP contribution in [0.1, 0.15) is 64.0 Å². The van der Waals surface area contributed by atoms with Crippen molar-refractivity contribution in [2.45, 2.75) is 70.9 Å². The second kappa shape index (κ2) is 7.42. The third-order valence-corrected chi connectivity index (χ3v) is 5.89. The van der Waals surface area contributed by atoms with Gasteiger partial charge < -0.3 is 9.80 Å². The largest absolute Gasteiger partial charge is 0.341 e. The predicted molar refractivity (Wildman–Crippen MR) is 104 cm³/mol. The Balaban J connectivity index is 1.58. The van der Waals surface area contributed by atoms with Crippen molar-refractivity contribution in [3.63, 3.8) is 0 Å². The number of nitrogens with zero attached hydrogens (tertiary/aromatic N) is 2. The number of hydrogen-bond donors (Lipinski definition) is 0. The zero-order valence-corrected chi connectivity index (χ0v) is 16.6. The molecule has 1 atom stereocenters. The third kappa shape index (κ3) is 4.11. The number of likely N-dealkylation sites (tertiary alicyclic amines) is 1. The summed E-state index contributed by atoms with van der Waals surface area (Å²) in [6, 6.07) is 8.88. The van der Waals surface area contributed by atoms with Crippen LogP contribution in [0.15, 0.2) is 24.3 Å².